The van der Waals surface area contributed by atoms with E-state index < -0.39 is 0 Å². The first-order chi connectivity index (χ1) is 12.7. The lowest BCUT2D eigenvalue weighted by molar-refractivity contribution is -0.115. The first-order valence-corrected chi connectivity index (χ1v) is 9.52. The number of carbonyl (C=O) groups is 1. The van der Waals surface area contributed by atoms with Crippen molar-refractivity contribution in [2.24, 2.45) is 4.99 Å². The van der Waals surface area contributed by atoms with Crippen LogP contribution in [0.5, 0.6) is 5.75 Å². The average molecular weight is 366 g/mol. The van der Waals surface area contributed by atoms with Gasteiger partial charge in [0.05, 0.1) is 17.7 Å². The van der Waals surface area contributed by atoms with E-state index in [4.69, 9.17) is 4.74 Å². The van der Waals surface area contributed by atoms with Gasteiger partial charge in [0.1, 0.15) is 5.75 Å². The van der Waals surface area contributed by atoms with Crippen molar-refractivity contribution in [3.63, 3.8) is 0 Å². The minimum Gasteiger partial charge on any atom is -0.497 e. The number of nitrogens with one attached hydrogen (secondary N) is 1. The molecule has 1 heterocycles. The summed E-state index contributed by atoms with van der Waals surface area (Å²) in [5.41, 5.74) is 3.08. The number of nitrogens with zero attached hydrogens (tertiary/aromatic N) is 1. The lowest BCUT2D eigenvalue weighted by atomic mass is 10.1. The molecule has 0 radical (unpaired) electrons. The number of benzene rings is 2. The third kappa shape index (κ3) is 4.76. The van der Waals surface area contributed by atoms with Crippen molar-refractivity contribution in [3.05, 3.63) is 64.6 Å². The molecule has 0 aliphatic carbocycles. The number of amidine groups is 1. The third-order valence-corrected chi connectivity index (χ3v) is 4.94. The zero-order valence-corrected chi connectivity index (χ0v) is 15.8. The Morgan fingerprint density at radius 1 is 1.19 bits per heavy atom. The Kier molecular flexibility index (Phi) is 6.12. The standard InChI is InChI=1S/C21H22N2O2S/c1-3-4-6-15-9-11-17(12-10-15)22-21-23-20(24)19(26-21)14-16-7-5-8-18(13-16)25-2/h5,7-14H,3-4,6H2,1-2H3,(H,22,23,24)/b19-14-. The van der Waals surface area contributed by atoms with E-state index in [0.717, 1.165) is 23.4 Å². The van der Waals surface area contributed by atoms with Crippen molar-refractivity contribution in [3.8, 4) is 5.75 Å². The Bertz CT molecular complexity index is 841. The summed E-state index contributed by atoms with van der Waals surface area (Å²) in [7, 11) is 1.63. The molecule has 1 aliphatic rings. The molecular weight excluding hydrogens is 344 g/mol. The molecule has 0 bridgehead atoms. The monoisotopic (exact) mass is 366 g/mol. The fourth-order valence-electron chi connectivity index (χ4n) is 2.60. The van der Waals surface area contributed by atoms with Crippen molar-refractivity contribution in [2.75, 3.05) is 7.11 Å². The Morgan fingerprint density at radius 3 is 2.73 bits per heavy atom. The molecule has 134 valence electrons. The van der Waals surface area contributed by atoms with Crippen LogP contribution in [0.15, 0.2) is 58.4 Å². The molecule has 26 heavy (non-hydrogen) atoms. The summed E-state index contributed by atoms with van der Waals surface area (Å²) in [6, 6.07) is 15.8. The van der Waals surface area contributed by atoms with Gasteiger partial charge in [0.2, 0.25) is 0 Å². The van der Waals surface area contributed by atoms with Gasteiger partial charge in [-0.15, -0.1) is 0 Å². The molecule has 4 nitrogen and oxygen atoms in total. The van der Waals surface area contributed by atoms with Gasteiger partial charge in [-0.2, -0.15) is 0 Å². The van der Waals surface area contributed by atoms with Crippen LogP contribution in [-0.2, 0) is 11.2 Å². The summed E-state index contributed by atoms with van der Waals surface area (Å²) >= 11 is 1.35. The Morgan fingerprint density at radius 2 is 2.00 bits per heavy atom. The Labute approximate surface area is 158 Å². The number of aryl methyl sites for hydroxylation is 1. The fourth-order valence-corrected chi connectivity index (χ4v) is 3.44. The zero-order valence-electron chi connectivity index (χ0n) is 15.0. The maximum Gasteiger partial charge on any atom is 0.264 e. The second-order valence-corrected chi connectivity index (χ2v) is 7.06. The number of rotatable bonds is 6. The number of thioether (sulfide) groups is 1. The largest absolute Gasteiger partial charge is 0.497 e. The summed E-state index contributed by atoms with van der Waals surface area (Å²) in [4.78, 5) is 17.4. The van der Waals surface area contributed by atoms with Gasteiger partial charge in [0.25, 0.3) is 5.91 Å². The summed E-state index contributed by atoms with van der Waals surface area (Å²) in [5, 5.41) is 3.43. The molecule has 2 aromatic carbocycles. The van der Waals surface area contributed by atoms with Gasteiger partial charge >= 0.3 is 0 Å². The quantitative estimate of drug-likeness (QED) is 0.738. The topological polar surface area (TPSA) is 50.7 Å². The van der Waals surface area contributed by atoms with Crippen molar-refractivity contribution in [1.82, 2.24) is 5.32 Å². The molecule has 1 aliphatic heterocycles. The third-order valence-electron chi connectivity index (χ3n) is 4.03. The fraction of sp³-hybridized carbons (Fsp3) is 0.238. The van der Waals surface area contributed by atoms with Crippen molar-refractivity contribution in [2.45, 2.75) is 26.2 Å². The molecule has 1 fully saturated rings. The van der Waals surface area contributed by atoms with E-state index in [1.165, 1.54) is 30.2 Å². The van der Waals surface area contributed by atoms with Crippen LogP contribution in [-0.4, -0.2) is 18.2 Å². The van der Waals surface area contributed by atoms with E-state index in [0.29, 0.717) is 10.1 Å². The molecule has 0 aromatic heterocycles. The van der Waals surface area contributed by atoms with Gasteiger partial charge in [-0.25, -0.2) is 4.99 Å². The number of hydrogen-bond donors (Lipinski definition) is 1. The smallest absolute Gasteiger partial charge is 0.264 e. The van der Waals surface area contributed by atoms with Crippen LogP contribution in [0.2, 0.25) is 0 Å². The van der Waals surface area contributed by atoms with Crippen LogP contribution in [0.4, 0.5) is 5.69 Å². The number of hydrogen-bond acceptors (Lipinski definition) is 4. The first-order valence-electron chi connectivity index (χ1n) is 8.70. The highest BCUT2D eigenvalue weighted by atomic mass is 32.2. The molecule has 0 atom stereocenters. The Balaban J connectivity index is 1.72. The molecule has 5 heteroatoms. The van der Waals surface area contributed by atoms with E-state index in [1.807, 2.05) is 42.5 Å². The maximum atomic E-state index is 12.2. The van der Waals surface area contributed by atoms with Gasteiger partial charge < -0.3 is 10.1 Å². The van der Waals surface area contributed by atoms with Gasteiger partial charge in [-0.3, -0.25) is 4.79 Å². The first kappa shape index (κ1) is 18.3. The number of ether oxygens (including phenoxy) is 1. The van der Waals surface area contributed by atoms with E-state index in [9.17, 15) is 4.79 Å². The summed E-state index contributed by atoms with van der Waals surface area (Å²) < 4.78 is 5.22. The average Bonchev–Trinajstić information content (AvgIpc) is 3.00. The summed E-state index contributed by atoms with van der Waals surface area (Å²) in [5.74, 6) is 0.635. The van der Waals surface area contributed by atoms with E-state index in [-0.39, 0.29) is 5.91 Å². The number of aliphatic imine (C=N–C) groups is 1. The predicted molar refractivity (Wildman–Crippen MR) is 109 cm³/mol. The zero-order chi connectivity index (χ0) is 18.4. The van der Waals surface area contributed by atoms with E-state index >= 15 is 0 Å². The number of unbranched alkanes of at least 4 members (excludes halogenated alkanes) is 1. The highest BCUT2D eigenvalue weighted by Gasteiger charge is 2.23. The molecule has 0 unspecified atom stereocenters. The number of amides is 1. The Hall–Kier alpha value is -2.53. The highest BCUT2D eigenvalue weighted by molar-refractivity contribution is 8.18. The molecule has 1 N–H and O–H groups in total. The van der Waals surface area contributed by atoms with Crippen molar-refractivity contribution < 1.29 is 9.53 Å². The molecule has 0 spiro atoms. The van der Waals surface area contributed by atoms with Crippen LogP contribution in [0.3, 0.4) is 0 Å². The summed E-state index contributed by atoms with van der Waals surface area (Å²) in [6.07, 6.45) is 5.32. The van der Waals surface area contributed by atoms with Crippen LogP contribution in [0, 0.1) is 0 Å². The van der Waals surface area contributed by atoms with Gasteiger partial charge in [0.15, 0.2) is 5.17 Å². The minimum absolute atomic E-state index is 0.129. The number of carbonyl (C=O) groups excluding carboxylic acids is 1. The van der Waals surface area contributed by atoms with E-state index in [1.54, 1.807) is 7.11 Å². The second kappa shape index (κ2) is 8.72. The SMILES string of the molecule is CCCCc1ccc(N=C2NC(=O)/C(=C/c3cccc(OC)c3)S2)cc1. The summed E-state index contributed by atoms with van der Waals surface area (Å²) in [6.45, 7) is 2.19. The lowest BCUT2D eigenvalue weighted by Gasteiger charge is -2.01. The minimum atomic E-state index is -0.129. The molecule has 3 rings (SSSR count). The van der Waals surface area contributed by atoms with Crippen molar-refractivity contribution in [1.29, 1.82) is 0 Å². The molecular formula is C21H22N2O2S. The van der Waals surface area contributed by atoms with Gasteiger partial charge in [-0.05, 0) is 66.1 Å². The lowest BCUT2D eigenvalue weighted by Crippen LogP contribution is -2.19. The molecule has 1 amide bonds. The van der Waals surface area contributed by atoms with Crippen LogP contribution >= 0.6 is 11.8 Å². The normalized spacial score (nSPS) is 16.9. The van der Waals surface area contributed by atoms with Crippen molar-refractivity contribution >= 4 is 34.6 Å². The second-order valence-electron chi connectivity index (χ2n) is 6.03. The predicted octanol–water partition coefficient (Wildman–Crippen LogP) is 4.93. The maximum absolute atomic E-state index is 12.2. The molecule has 2 aromatic rings. The van der Waals surface area contributed by atoms with Gasteiger partial charge in [0, 0.05) is 0 Å². The molecule has 0 saturated carbocycles. The van der Waals surface area contributed by atoms with Gasteiger partial charge in [-0.1, -0.05) is 37.6 Å². The number of methoxy groups -OCH3 is 1. The van der Waals surface area contributed by atoms with E-state index in [2.05, 4.69) is 29.4 Å². The van der Waals surface area contributed by atoms with Crippen LogP contribution in [0.1, 0.15) is 30.9 Å². The van der Waals surface area contributed by atoms with Crippen LogP contribution in [0.25, 0.3) is 6.08 Å². The highest BCUT2D eigenvalue weighted by Crippen LogP contribution is 2.28. The van der Waals surface area contributed by atoms with Crippen LogP contribution < -0.4 is 10.1 Å². The molecule has 1 saturated heterocycles.